The Bertz CT molecular complexity index is 1510. The fourth-order valence-electron chi connectivity index (χ4n) is 4.48. The van der Waals surface area contributed by atoms with Crippen LogP contribution in [0.5, 0.6) is 5.75 Å². The lowest BCUT2D eigenvalue weighted by Crippen LogP contribution is -2.50. The van der Waals surface area contributed by atoms with Crippen LogP contribution in [0.15, 0.2) is 40.3 Å². The number of likely N-dealkylation sites (N-methyl/N-ethyl adjacent to an activating group) is 1. The molecule has 222 valence electrons. The summed E-state index contributed by atoms with van der Waals surface area (Å²) in [5.74, 6) is -0.264. The highest BCUT2D eigenvalue weighted by Gasteiger charge is 2.36. The maximum Gasteiger partial charge on any atom is 0.321 e. The van der Waals surface area contributed by atoms with E-state index in [0.29, 0.717) is 17.1 Å². The molecule has 3 amide bonds. The number of aryl methyl sites for hydroxylation is 3. The van der Waals surface area contributed by atoms with Crippen molar-refractivity contribution in [2.24, 2.45) is 13.0 Å². The minimum Gasteiger partial charge on any atom is -0.485 e. The minimum absolute atomic E-state index is 0.0169. The van der Waals surface area contributed by atoms with Crippen molar-refractivity contribution in [3.63, 3.8) is 0 Å². The van der Waals surface area contributed by atoms with Gasteiger partial charge >= 0.3 is 6.03 Å². The van der Waals surface area contributed by atoms with Gasteiger partial charge in [-0.2, -0.15) is 8.42 Å². The summed E-state index contributed by atoms with van der Waals surface area (Å²) in [7, 11) is -0.879. The first-order valence-electron chi connectivity index (χ1n) is 13.0. The standard InChI is InChI=1S/C26H35N7O7S/c1-15-10-33(16(2)13-34)25(35)19-8-7-9-20(30-41(37,38)22-12-31(5)14-27-22)24(19)39-21(15)11-32(6)26(36)28-23-17(3)29-40-18(23)4/h7-9,12,14-16,21,30,34H,10-11,13H2,1-6H3,(H,28,36)/t15-,16+,21+/m1/s1. The molecule has 2 aromatic heterocycles. The van der Waals surface area contributed by atoms with E-state index in [9.17, 15) is 23.1 Å². The van der Waals surface area contributed by atoms with Crippen molar-refractivity contribution in [3.8, 4) is 5.75 Å². The Balaban J connectivity index is 1.69. The first kappa shape index (κ1) is 29.9. The van der Waals surface area contributed by atoms with Crippen molar-refractivity contribution in [1.82, 2.24) is 24.5 Å². The van der Waals surface area contributed by atoms with E-state index in [1.54, 1.807) is 40.9 Å². The zero-order valence-corrected chi connectivity index (χ0v) is 24.6. The Labute approximate surface area is 238 Å². The maximum absolute atomic E-state index is 13.7. The number of anilines is 2. The molecule has 3 N–H and O–H groups in total. The number of hydrogen-bond acceptors (Lipinski definition) is 9. The van der Waals surface area contributed by atoms with Gasteiger partial charge < -0.3 is 34.1 Å². The number of rotatable bonds is 8. The average molecular weight is 590 g/mol. The predicted octanol–water partition coefficient (Wildman–Crippen LogP) is 2.21. The third kappa shape index (κ3) is 6.30. The molecule has 0 unspecified atom stereocenters. The Kier molecular flexibility index (Phi) is 8.58. The van der Waals surface area contributed by atoms with Crippen molar-refractivity contribution < 1.29 is 32.4 Å². The molecule has 0 aliphatic carbocycles. The summed E-state index contributed by atoms with van der Waals surface area (Å²) >= 11 is 0. The number of carbonyl (C=O) groups excluding carboxylic acids is 2. The number of fused-ring (bicyclic) bond motifs is 1. The molecule has 3 atom stereocenters. The number of amides is 3. The van der Waals surface area contributed by atoms with E-state index in [0.717, 1.165) is 0 Å². The van der Waals surface area contributed by atoms with Crippen molar-refractivity contribution >= 4 is 33.3 Å². The lowest BCUT2D eigenvalue weighted by atomic mass is 9.99. The molecule has 14 nitrogen and oxygen atoms in total. The number of aromatic nitrogens is 3. The Hall–Kier alpha value is -4.11. The van der Waals surface area contributed by atoms with Gasteiger partial charge in [0.2, 0.25) is 0 Å². The SMILES string of the molecule is Cc1noc(C)c1NC(=O)N(C)C[C@@H]1Oc2c(NS(=O)(=O)c3cn(C)cn3)cccc2C(=O)N([C@@H](C)CO)C[C@H]1C. The summed E-state index contributed by atoms with van der Waals surface area (Å²) in [6, 6.07) is 3.61. The molecule has 0 bridgehead atoms. The number of ether oxygens (including phenoxy) is 1. The van der Waals surface area contributed by atoms with Gasteiger partial charge in [0.05, 0.1) is 36.8 Å². The normalized spacial score (nSPS) is 18.1. The van der Waals surface area contributed by atoms with Crippen LogP contribution >= 0.6 is 0 Å². The second kappa shape index (κ2) is 11.8. The molecule has 1 aromatic carbocycles. The van der Waals surface area contributed by atoms with Crippen LogP contribution in [0.1, 0.15) is 35.7 Å². The molecule has 1 aliphatic heterocycles. The van der Waals surface area contributed by atoms with E-state index in [2.05, 4.69) is 20.2 Å². The molecule has 0 radical (unpaired) electrons. The zero-order chi connectivity index (χ0) is 30.1. The molecule has 15 heteroatoms. The number of aliphatic hydroxyl groups excluding tert-OH is 1. The monoisotopic (exact) mass is 589 g/mol. The Morgan fingerprint density at radius 3 is 2.66 bits per heavy atom. The number of carbonyl (C=O) groups is 2. The van der Waals surface area contributed by atoms with Gasteiger partial charge in [-0.1, -0.05) is 18.1 Å². The smallest absolute Gasteiger partial charge is 0.321 e. The highest BCUT2D eigenvalue weighted by molar-refractivity contribution is 7.92. The van der Waals surface area contributed by atoms with E-state index >= 15 is 0 Å². The number of para-hydroxylation sites is 1. The molecule has 3 aromatic rings. The van der Waals surface area contributed by atoms with E-state index < -0.39 is 34.1 Å². The van der Waals surface area contributed by atoms with Crippen LogP contribution in [0.3, 0.4) is 0 Å². The van der Waals surface area contributed by atoms with Crippen LogP contribution in [-0.2, 0) is 17.1 Å². The van der Waals surface area contributed by atoms with Crippen LogP contribution in [0.4, 0.5) is 16.2 Å². The number of sulfonamides is 1. The summed E-state index contributed by atoms with van der Waals surface area (Å²) in [6.07, 6.45) is 2.04. The molecular formula is C26H35N7O7S. The lowest BCUT2D eigenvalue weighted by molar-refractivity contribution is 0.0373. The van der Waals surface area contributed by atoms with Crippen LogP contribution in [0.25, 0.3) is 0 Å². The fourth-order valence-corrected chi connectivity index (χ4v) is 5.53. The molecule has 3 heterocycles. The van der Waals surface area contributed by atoms with Crippen molar-refractivity contribution in [1.29, 1.82) is 0 Å². The van der Waals surface area contributed by atoms with Gasteiger partial charge in [0.25, 0.3) is 15.9 Å². The van der Waals surface area contributed by atoms with Crippen molar-refractivity contribution in [3.05, 3.63) is 47.7 Å². The average Bonchev–Trinajstić information content (AvgIpc) is 3.51. The lowest BCUT2D eigenvalue weighted by Gasteiger charge is -2.38. The fraction of sp³-hybridized carbons (Fsp3) is 0.462. The summed E-state index contributed by atoms with van der Waals surface area (Å²) in [6.45, 7) is 7.03. The number of urea groups is 1. The Morgan fingerprint density at radius 1 is 1.32 bits per heavy atom. The van der Waals surface area contributed by atoms with E-state index in [1.165, 1.54) is 39.0 Å². The Morgan fingerprint density at radius 2 is 2.05 bits per heavy atom. The third-order valence-corrected chi connectivity index (χ3v) is 8.21. The molecule has 41 heavy (non-hydrogen) atoms. The van der Waals surface area contributed by atoms with Gasteiger partial charge in [-0.05, 0) is 32.9 Å². The van der Waals surface area contributed by atoms with Crippen LogP contribution in [-0.4, -0.2) is 88.9 Å². The second-order valence-electron chi connectivity index (χ2n) is 10.3. The minimum atomic E-state index is -4.12. The van der Waals surface area contributed by atoms with Gasteiger partial charge in [0.15, 0.2) is 16.5 Å². The topological polar surface area (TPSA) is 172 Å². The highest BCUT2D eigenvalue weighted by Crippen LogP contribution is 2.36. The number of nitrogens with zero attached hydrogens (tertiary/aromatic N) is 5. The first-order valence-corrected chi connectivity index (χ1v) is 14.5. The first-order chi connectivity index (χ1) is 19.3. The molecule has 0 spiro atoms. The zero-order valence-electron chi connectivity index (χ0n) is 23.8. The largest absolute Gasteiger partial charge is 0.485 e. The van der Waals surface area contributed by atoms with Gasteiger partial charge in [-0.3, -0.25) is 9.52 Å². The molecule has 1 aliphatic rings. The van der Waals surface area contributed by atoms with Crippen LogP contribution < -0.4 is 14.8 Å². The van der Waals surface area contributed by atoms with Crippen LogP contribution in [0, 0.1) is 19.8 Å². The summed E-state index contributed by atoms with van der Waals surface area (Å²) in [5.41, 5.74) is 1.16. The highest BCUT2D eigenvalue weighted by atomic mass is 32.2. The number of hydrogen-bond donors (Lipinski definition) is 3. The number of imidazole rings is 1. The molecule has 4 rings (SSSR count). The summed E-state index contributed by atoms with van der Waals surface area (Å²) in [5, 5.41) is 16.3. The van der Waals surface area contributed by atoms with Crippen LogP contribution in [0.2, 0.25) is 0 Å². The maximum atomic E-state index is 13.7. The second-order valence-corrected chi connectivity index (χ2v) is 11.9. The summed E-state index contributed by atoms with van der Waals surface area (Å²) < 4.78 is 41.8. The van der Waals surface area contributed by atoms with E-state index in [4.69, 9.17) is 9.26 Å². The molecule has 0 saturated carbocycles. The van der Waals surface area contributed by atoms with Crippen molar-refractivity contribution in [2.75, 3.05) is 36.8 Å². The summed E-state index contributed by atoms with van der Waals surface area (Å²) in [4.78, 5) is 33.6. The quantitative estimate of drug-likeness (QED) is 0.356. The van der Waals surface area contributed by atoms with Gasteiger partial charge in [-0.15, -0.1) is 0 Å². The van der Waals surface area contributed by atoms with Gasteiger partial charge in [0, 0.05) is 32.8 Å². The number of benzene rings is 1. The third-order valence-electron chi connectivity index (χ3n) is 6.96. The molecule has 0 saturated heterocycles. The molecule has 0 fully saturated rings. The number of aliphatic hydroxyl groups is 1. The van der Waals surface area contributed by atoms with E-state index in [1.807, 2.05) is 6.92 Å². The van der Waals surface area contributed by atoms with E-state index in [-0.39, 0.29) is 47.6 Å². The van der Waals surface area contributed by atoms with Crippen molar-refractivity contribution in [2.45, 2.75) is 44.9 Å². The van der Waals surface area contributed by atoms with Gasteiger partial charge in [-0.25, -0.2) is 9.78 Å². The predicted molar refractivity (Wildman–Crippen MR) is 149 cm³/mol. The van der Waals surface area contributed by atoms with Gasteiger partial charge in [0.1, 0.15) is 17.5 Å². The number of nitrogens with one attached hydrogen (secondary N) is 2. The molecular weight excluding hydrogens is 554 g/mol.